The van der Waals surface area contributed by atoms with E-state index < -0.39 is 17.6 Å². The molecule has 3 rings (SSSR count). The summed E-state index contributed by atoms with van der Waals surface area (Å²) in [4.78, 5) is 16.4. The van der Waals surface area contributed by atoms with Crippen molar-refractivity contribution >= 4 is 16.7 Å². The number of rotatable bonds is 6. The molecule has 0 amide bonds. The number of hydrogen-bond donors (Lipinski definition) is 1. The first kappa shape index (κ1) is 19.5. The third-order valence-corrected chi connectivity index (χ3v) is 4.14. The van der Waals surface area contributed by atoms with Crippen LogP contribution in [-0.2, 0) is 4.74 Å². The summed E-state index contributed by atoms with van der Waals surface area (Å²) < 4.78 is 37.3. The van der Waals surface area contributed by atoms with Gasteiger partial charge < -0.3 is 14.6 Å². The Balaban J connectivity index is 1.97. The second-order valence-corrected chi connectivity index (χ2v) is 6.30. The fourth-order valence-electron chi connectivity index (χ4n) is 2.75. The lowest BCUT2D eigenvalue weighted by atomic mass is 10.1. The van der Waals surface area contributed by atoms with Crippen LogP contribution in [0.25, 0.3) is 10.8 Å². The number of esters is 1. The number of ether oxygens (including phenoxy) is 2. The van der Waals surface area contributed by atoms with E-state index in [4.69, 9.17) is 9.47 Å². The van der Waals surface area contributed by atoms with Crippen molar-refractivity contribution in [2.24, 2.45) is 0 Å². The molecule has 0 aliphatic carbocycles. The summed E-state index contributed by atoms with van der Waals surface area (Å²) in [6.07, 6.45) is 1.58. The Morgan fingerprint density at radius 1 is 1.07 bits per heavy atom. The van der Waals surface area contributed by atoms with Gasteiger partial charge in [-0.15, -0.1) is 0 Å². The van der Waals surface area contributed by atoms with Gasteiger partial charge in [-0.2, -0.15) is 0 Å². The highest BCUT2D eigenvalue weighted by Crippen LogP contribution is 2.34. The predicted molar refractivity (Wildman–Crippen MR) is 99.8 cm³/mol. The van der Waals surface area contributed by atoms with Crippen molar-refractivity contribution in [1.82, 2.24) is 4.98 Å². The summed E-state index contributed by atoms with van der Waals surface area (Å²) in [5.41, 5.74) is 0.341. The SMILES string of the molecule is CCCCOC(=O)c1nc(C)c2ccc(Oc3cc(F)cc(F)c3)cc2c1O. The van der Waals surface area contributed by atoms with Crippen LogP contribution in [0.2, 0.25) is 0 Å². The van der Waals surface area contributed by atoms with Crippen molar-refractivity contribution < 1.29 is 28.2 Å². The van der Waals surface area contributed by atoms with E-state index in [2.05, 4.69) is 4.98 Å². The molecular weight excluding hydrogens is 368 g/mol. The molecule has 28 heavy (non-hydrogen) atoms. The number of nitrogens with zero attached hydrogens (tertiary/aromatic N) is 1. The third-order valence-electron chi connectivity index (χ3n) is 4.14. The summed E-state index contributed by atoms with van der Waals surface area (Å²) in [6, 6.07) is 7.53. The van der Waals surface area contributed by atoms with E-state index in [1.165, 1.54) is 6.07 Å². The second kappa shape index (κ2) is 8.21. The highest BCUT2D eigenvalue weighted by molar-refractivity contribution is 6.00. The Morgan fingerprint density at radius 3 is 2.46 bits per heavy atom. The molecule has 1 aromatic heterocycles. The first-order chi connectivity index (χ1) is 13.4. The van der Waals surface area contributed by atoms with Gasteiger partial charge in [0.15, 0.2) is 11.4 Å². The number of aryl methyl sites for hydroxylation is 1. The minimum Gasteiger partial charge on any atom is -0.505 e. The van der Waals surface area contributed by atoms with Gasteiger partial charge in [-0.3, -0.25) is 0 Å². The molecule has 146 valence electrons. The van der Waals surface area contributed by atoms with Crippen molar-refractivity contribution in [3.05, 3.63) is 59.4 Å². The number of unbranched alkanes of at least 4 members (excludes halogenated alkanes) is 1. The van der Waals surface area contributed by atoms with Crippen LogP contribution in [0.3, 0.4) is 0 Å². The molecule has 7 heteroatoms. The molecule has 1 heterocycles. The molecule has 0 aliphatic heterocycles. The number of carbonyl (C=O) groups excluding carboxylic acids is 1. The quantitative estimate of drug-likeness (QED) is 0.461. The number of benzene rings is 2. The summed E-state index contributed by atoms with van der Waals surface area (Å²) in [5, 5.41) is 11.5. The average Bonchev–Trinajstić information content (AvgIpc) is 2.64. The van der Waals surface area contributed by atoms with Gasteiger partial charge in [-0.05, 0) is 31.5 Å². The van der Waals surface area contributed by atoms with E-state index in [0.717, 1.165) is 24.6 Å². The van der Waals surface area contributed by atoms with E-state index in [0.29, 0.717) is 22.9 Å². The maximum absolute atomic E-state index is 13.4. The van der Waals surface area contributed by atoms with Gasteiger partial charge in [0.1, 0.15) is 23.1 Å². The minimum absolute atomic E-state index is 0.0266. The molecule has 0 fully saturated rings. The molecule has 0 unspecified atom stereocenters. The zero-order chi connectivity index (χ0) is 20.3. The molecule has 2 aromatic carbocycles. The Bertz CT molecular complexity index is 1020. The maximum Gasteiger partial charge on any atom is 0.360 e. The summed E-state index contributed by atoms with van der Waals surface area (Å²) in [5.74, 6) is -2.37. The first-order valence-electron chi connectivity index (χ1n) is 8.83. The molecule has 0 aliphatic rings. The molecule has 0 saturated heterocycles. The highest BCUT2D eigenvalue weighted by atomic mass is 19.1. The van der Waals surface area contributed by atoms with Crippen molar-refractivity contribution in [3.63, 3.8) is 0 Å². The second-order valence-electron chi connectivity index (χ2n) is 6.30. The smallest absolute Gasteiger partial charge is 0.360 e. The first-order valence-corrected chi connectivity index (χ1v) is 8.83. The number of pyridine rings is 1. The van der Waals surface area contributed by atoms with Crippen LogP contribution < -0.4 is 4.74 Å². The molecule has 5 nitrogen and oxygen atoms in total. The lowest BCUT2D eigenvalue weighted by Crippen LogP contribution is -2.10. The third kappa shape index (κ3) is 4.19. The number of halogens is 2. The van der Waals surface area contributed by atoms with Crippen LogP contribution in [0, 0.1) is 18.6 Å². The maximum atomic E-state index is 13.4. The van der Waals surface area contributed by atoms with E-state index in [-0.39, 0.29) is 29.5 Å². The van der Waals surface area contributed by atoms with Gasteiger partial charge >= 0.3 is 5.97 Å². The van der Waals surface area contributed by atoms with E-state index in [1.54, 1.807) is 19.1 Å². The van der Waals surface area contributed by atoms with Gasteiger partial charge in [-0.25, -0.2) is 18.6 Å². The standard InChI is InChI=1S/C21H19F2NO4/c1-3-4-7-27-21(26)19-20(25)18-11-15(5-6-17(18)12(2)24-19)28-16-9-13(22)8-14(23)10-16/h5-6,8-11,25H,3-4,7H2,1-2H3. The van der Waals surface area contributed by atoms with Gasteiger partial charge in [0.25, 0.3) is 0 Å². The van der Waals surface area contributed by atoms with E-state index >= 15 is 0 Å². The molecule has 1 N–H and O–H groups in total. The lowest BCUT2D eigenvalue weighted by molar-refractivity contribution is 0.0489. The van der Waals surface area contributed by atoms with Crippen molar-refractivity contribution in [3.8, 4) is 17.2 Å². The number of hydrogen-bond acceptors (Lipinski definition) is 5. The Labute approximate surface area is 160 Å². The zero-order valence-electron chi connectivity index (χ0n) is 15.5. The molecule has 0 radical (unpaired) electrons. The fraction of sp³-hybridized carbons (Fsp3) is 0.238. The van der Waals surface area contributed by atoms with E-state index in [9.17, 15) is 18.7 Å². The largest absolute Gasteiger partial charge is 0.505 e. The number of aromatic hydroxyl groups is 1. The van der Waals surface area contributed by atoms with Gasteiger partial charge in [-0.1, -0.05) is 13.3 Å². The number of carbonyl (C=O) groups is 1. The van der Waals surface area contributed by atoms with Gasteiger partial charge in [0, 0.05) is 34.7 Å². The molecule has 0 bridgehead atoms. The van der Waals surface area contributed by atoms with Gasteiger partial charge in [0.2, 0.25) is 0 Å². The molecule has 3 aromatic rings. The number of fused-ring (bicyclic) bond motifs is 1. The fourth-order valence-corrected chi connectivity index (χ4v) is 2.75. The van der Waals surface area contributed by atoms with Crippen molar-refractivity contribution in [2.45, 2.75) is 26.7 Å². The van der Waals surface area contributed by atoms with Crippen LogP contribution in [-0.4, -0.2) is 22.7 Å². The highest BCUT2D eigenvalue weighted by Gasteiger charge is 2.19. The summed E-state index contributed by atoms with van der Waals surface area (Å²) in [7, 11) is 0. The Morgan fingerprint density at radius 2 is 1.79 bits per heavy atom. The van der Waals surface area contributed by atoms with Crippen LogP contribution in [0.4, 0.5) is 8.78 Å². The van der Waals surface area contributed by atoms with E-state index in [1.807, 2.05) is 6.92 Å². The van der Waals surface area contributed by atoms with Crippen molar-refractivity contribution in [1.29, 1.82) is 0 Å². The zero-order valence-corrected chi connectivity index (χ0v) is 15.5. The molecule has 0 spiro atoms. The Hall–Kier alpha value is -3.22. The molecule has 0 atom stereocenters. The monoisotopic (exact) mass is 387 g/mol. The van der Waals surface area contributed by atoms with Crippen LogP contribution >= 0.6 is 0 Å². The minimum atomic E-state index is -0.768. The average molecular weight is 387 g/mol. The van der Waals surface area contributed by atoms with Gasteiger partial charge in [0.05, 0.1) is 6.61 Å². The van der Waals surface area contributed by atoms with Crippen LogP contribution in [0.1, 0.15) is 35.9 Å². The van der Waals surface area contributed by atoms with Crippen LogP contribution in [0.15, 0.2) is 36.4 Å². The van der Waals surface area contributed by atoms with Crippen molar-refractivity contribution in [2.75, 3.05) is 6.61 Å². The predicted octanol–water partition coefficient (Wildman–Crippen LogP) is 5.28. The lowest BCUT2D eigenvalue weighted by Gasteiger charge is -2.12. The summed E-state index contributed by atoms with van der Waals surface area (Å²) in [6.45, 7) is 3.91. The number of aromatic nitrogens is 1. The Kier molecular flexibility index (Phi) is 5.73. The molecule has 0 saturated carbocycles. The summed E-state index contributed by atoms with van der Waals surface area (Å²) >= 11 is 0. The van der Waals surface area contributed by atoms with Crippen LogP contribution in [0.5, 0.6) is 17.2 Å². The molecular formula is C21H19F2NO4. The topological polar surface area (TPSA) is 68.7 Å². The normalized spacial score (nSPS) is 10.9.